The second kappa shape index (κ2) is 17.2. The molecule has 14 heteroatoms. The zero-order chi connectivity index (χ0) is 38.3. The SMILES string of the molecule is O=C(NC1CC(=O)N(Cc2ccc([C@@H]3O[C@H](CN4CCN(c5ccc([N+](=O)[O-])cc5)CC4)C[C@H](c4ccc(CO)cc4)O3)cc2)C1=O)OCc1ccccc1. The lowest BCUT2D eigenvalue weighted by atomic mass is 9.99. The van der Waals surface area contributed by atoms with E-state index >= 15 is 0 Å². The fraction of sp³-hybridized carbons (Fsp3) is 0.341. The van der Waals surface area contributed by atoms with Crippen LogP contribution >= 0.6 is 0 Å². The number of benzene rings is 4. The molecule has 1 unspecified atom stereocenters. The zero-order valence-corrected chi connectivity index (χ0v) is 30.2. The average Bonchev–Trinajstić information content (AvgIpc) is 3.47. The number of nitro benzene ring substituents is 1. The molecule has 0 aliphatic carbocycles. The molecule has 0 bridgehead atoms. The Morgan fingerprint density at radius 1 is 0.836 bits per heavy atom. The fourth-order valence-electron chi connectivity index (χ4n) is 7.13. The molecule has 0 aromatic heterocycles. The number of alkyl carbamates (subject to hydrolysis) is 1. The van der Waals surface area contributed by atoms with Gasteiger partial charge in [0.15, 0.2) is 6.29 Å². The number of nitro groups is 1. The van der Waals surface area contributed by atoms with Crippen LogP contribution in [0.25, 0.3) is 0 Å². The number of piperazine rings is 1. The van der Waals surface area contributed by atoms with E-state index in [1.165, 1.54) is 12.1 Å². The molecule has 286 valence electrons. The van der Waals surface area contributed by atoms with E-state index in [9.17, 15) is 29.6 Å². The molecular weight excluding hydrogens is 706 g/mol. The number of aliphatic hydroxyl groups is 1. The molecule has 3 aliphatic rings. The molecule has 3 saturated heterocycles. The lowest BCUT2D eigenvalue weighted by Gasteiger charge is -2.41. The molecule has 55 heavy (non-hydrogen) atoms. The van der Waals surface area contributed by atoms with Crippen LogP contribution in [0.2, 0.25) is 0 Å². The fourth-order valence-corrected chi connectivity index (χ4v) is 7.13. The minimum atomic E-state index is -0.996. The molecule has 0 saturated carbocycles. The second-order valence-electron chi connectivity index (χ2n) is 13.9. The topological polar surface area (TPSA) is 164 Å². The van der Waals surface area contributed by atoms with Gasteiger partial charge in [0.05, 0.1) is 36.7 Å². The van der Waals surface area contributed by atoms with E-state index in [1.54, 1.807) is 12.1 Å². The van der Waals surface area contributed by atoms with Gasteiger partial charge >= 0.3 is 6.09 Å². The molecule has 3 amide bonds. The number of aliphatic hydroxyl groups excluding tert-OH is 1. The van der Waals surface area contributed by atoms with Crippen molar-refractivity contribution in [2.24, 2.45) is 0 Å². The number of carbonyl (C=O) groups is 3. The molecule has 14 nitrogen and oxygen atoms in total. The predicted molar refractivity (Wildman–Crippen MR) is 200 cm³/mol. The number of nitrogens with zero attached hydrogens (tertiary/aromatic N) is 4. The van der Waals surface area contributed by atoms with E-state index in [1.807, 2.05) is 78.9 Å². The number of ether oxygens (including phenoxy) is 3. The summed E-state index contributed by atoms with van der Waals surface area (Å²) in [5, 5.41) is 23.2. The third kappa shape index (κ3) is 9.35. The summed E-state index contributed by atoms with van der Waals surface area (Å²) in [7, 11) is 0. The highest BCUT2D eigenvalue weighted by Gasteiger charge is 2.40. The highest BCUT2D eigenvalue weighted by atomic mass is 16.7. The van der Waals surface area contributed by atoms with Crippen molar-refractivity contribution >= 4 is 29.3 Å². The Kier molecular flexibility index (Phi) is 11.8. The van der Waals surface area contributed by atoms with Gasteiger partial charge in [-0.3, -0.25) is 29.5 Å². The van der Waals surface area contributed by atoms with E-state index in [2.05, 4.69) is 15.1 Å². The highest BCUT2D eigenvalue weighted by Crippen LogP contribution is 2.38. The van der Waals surface area contributed by atoms with Gasteiger partial charge in [0.25, 0.3) is 11.6 Å². The Bertz CT molecular complexity index is 1950. The molecule has 3 fully saturated rings. The van der Waals surface area contributed by atoms with Crippen molar-refractivity contribution in [3.8, 4) is 0 Å². The number of imide groups is 1. The van der Waals surface area contributed by atoms with Crippen LogP contribution in [0.5, 0.6) is 0 Å². The Labute approximate surface area is 318 Å². The maximum absolute atomic E-state index is 13.1. The normalized spacial score (nSPS) is 21.8. The van der Waals surface area contributed by atoms with Gasteiger partial charge in [-0.15, -0.1) is 0 Å². The van der Waals surface area contributed by atoms with Gasteiger partial charge in [-0.25, -0.2) is 4.79 Å². The first-order chi connectivity index (χ1) is 26.7. The van der Waals surface area contributed by atoms with Gasteiger partial charge in [0.1, 0.15) is 12.6 Å². The molecule has 4 aromatic carbocycles. The summed E-state index contributed by atoms with van der Waals surface area (Å²) in [6.07, 6.45) is -1.38. The van der Waals surface area contributed by atoms with Crippen molar-refractivity contribution in [2.75, 3.05) is 37.6 Å². The van der Waals surface area contributed by atoms with Crippen LogP contribution in [-0.2, 0) is 43.6 Å². The Hall–Kier alpha value is -5.67. The first kappa shape index (κ1) is 37.6. The van der Waals surface area contributed by atoms with Crippen LogP contribution < -0.4 is 10.2 Å². The maximum atomic E-state index is 13.1. The molecule has 0 radical (unpaired) electrons. The van der Waals surface area contributed by atoms with Crippen LogP contribution in [0.15, 0.2) is 103 Å². The molecule has 2 N–H and O–H groups in total. The largest absolute Gasteiger partial charge is 0.445 e. The molecule has 3 aliphatic heterocycles. The van der Waals surface area contributed by atoms with Crippen molar-refractivity contribution in [3.05, 3.63) is 141 Å². The number of hydrogen-bond acceptors (Lipinski definition) is 11. The lowest BCUT2D eigenvalue weighted by molar-refractivity contribution is -0.384. The number of non-ortho nitro benzene ring substituents is 1. The summed E-state index contributed by atoms with van der Waals surface area (Å²) in [6, 6.07) is 30.0. The number of nitrogens with one attached hydrogen (secondary N) is 1. The number of carbonyl (C=O) groups excluding carboxylic acids is 3. The van der Waals surface area contributed by atoms with Gasteiger partial charge in [0.2, 0.25) is 5.91 Å². The van der Waals surface area contributed by atoms with Crippen LogP contribution in [0, 0.1) is 10.1 Å². The van der Waals surface area contributed by atoms with Crippen molar-refractivity contribution < 1.29 is 38.6 Å². The van der Waals surface area contributed by atoms with E-state index in [0.717, 1.165) is 64.6 Å². The van der Waals surface area contributed by atoms with Gasteiger partial charge in [-0.05, 0) is 34.4 Å². The monoisotopic (exact) mass is 749 g/mol. The van der Waals surface area contributed by atoms with E-state index < -0.39 is 29.3 Å². The highest BCUT2D eigenvalue weighted by molar-refractivity contribution is 6.06. The molecule has 3 heterocycles. The number of amides is 3. The van der Waals surface area contributed by atoms with Crippen molar-refractivity contribution in [3.63, 3.8) is 0 Å². The van der Waals surface area contributed by atoms with E-state index in [-0.39, 0.29) is 50.0 Å². The summed E-state index contributed by atoms with van der Waals surface area (Å²) in [6.45, 7) is 3.88. The maximum Gasteiger partial charge on any atom is 0.408 e. The first-order valence-electron chi connectivity index (χ1n) is 18.3. The van der Waals surface area contributed by atoms with Gasteiger partial charge in [-0.1, -0.05) is 78.9 Å². The quantitative estimate of drug-likeness (QED) is 0.114. The van der Waals surface area contributed by atoms with E-state index in [0.29, 0.717) is 13.0 Å². The van der Waals surface area contributed by atoms with Crippen molar-refractivity contribution in [1.29, 1.82) is 0 Å². The number of rotatable bonds is 12. The standard InChI is InChI=1S/C41H43N5O9/c47-26-29-8-10-31(11-9-29)37-22-35(25-43-18-20-44(21-19-43)33-14-16-34(17-15-33)46(51)52)54-40(55-37)32-12-6-28(7-13-32)24-45-38(48)23-36(39(45)49)42-41(50)53-27-30-4-2-1-3-5-30/h1-17,35-37,40,47H,18-27H2,(H,42,50)/t35-,36?,37+,40+/m0/s1. The second-order valence-corrected chi connectivity index (χ2v) is 13.9. The minimum Gasteiger partial charge on any atom is -0.445 e. The summed E-state index contributed by atoms with van der Waals surface area (Å²) < 4.78 is 18.3. The van der Waals surface area contributed by atoms with Crippen LogP contribution in [0.4, 0.5) is 16.2 Å². The van der Waals surface area contributed by atoms with Crippen LogP contribution in [0.3, 0.4) is 0 Å². The number of likely N-dealkylation sites (tertiary alicyclic amines) is 1. The summed E-state index contributed by atoms with van der Waals surface area (Å²) in [5.41, 5.74) is 5.14. The summed E-state index contributed by atoms with van der Waals surface area (Å²) in [5.74, 6) is -0.871. The molecular formula is C41H43N5O9. The number of anilines is 1. The zero-order valence-electron chi connectivity index (χ0n) is 30.2. The molecule has 7 rings (SSSR count). The average molecular weight is 750 g/mol. The Balaban J connectivity index is 0.969. The third-order valence-electron chi connectivity index (χ3n) is 10.2. The molecule has 4 atom stereocenters. The third-order valence-corrected chi connectivity index (χ3v) is 10.2. The van der Waals surface area contributed by atoms with Crippen molar-refractivity contribution in [2.45, 2.75) is 57.1 Å². The van der Waals surface area contributed by atoms with Gasteiger partial charge in [0, 0.05) is 62.5 Å². The smallest absolute Gasteiger partial charge is 0.408 e. The van der Waals surface area contributed by atoms with Crippen molar-refractivity contribution in [1.82, 2.24) is 15.1 Å². The lowest BCUT2D eigenvalue weighted by Crippen LogP contribution is -2.49. The van der Waals surface area contributed by atoms with E-state index in [4.69, 9.17) is 14.2 Å². The van der Waals surface area contributed by atoms with Crippen LogP contribution in [0.1, 0.15) is 53.1 Å². The van der Waals surface area contributed by atoms with Gasteiger partial charge < -0.3 is 29.5 Å². The van der Waals surface area contributed by atoms with Crippen LogP contribution in [-0.4, -0.2) is 82.6 Å². The molecule has 0 spiro atoms. The summed E-state index contributed by atoms with van der Waals surface area (Å²) in [4.78, 5) is 54.8. The predicted octanol–water partition coefficient (Wildman–Crippen LogP) is 5.01. The Morgan fingerprint density at radius 3 is 2.18 bits per heavy atom. The summed E-state index contributed by atoms with van der Waals surface area (Å²) >= 11 is 0. The Morgan fingerprint density at radius 2 is 1.51 bits per heavy atom. The first-order valence-corrected chi connectivity index (χ1v) is 18.3. The minimum absolute atomic E-state index is 0.0482. The van der Waals surface area contributed by atoms with Gasteiger partial charge in [-0.2, -0.15) is 0 Å². The number of hydrogen-bond donors (Lipinski definition) is 2. The molecule has 4 aromatic rings.